The third-order valence-electron chi connectivity index (χ3n) is 4.47. The normalized spacial score (nSPS) is 12.6. The molecular formula is C20H21N5OS. The number of aromatic amines is 1. The molecule has 4 aromatic rings. The second kappa shape index (κ2) is 7.00. The van der Waals surface area contributed by atoms with Crippen LogP contribution in [0.1, 0.15) is 41.1 Å². The van der Waals surface area contributed by atoms with E-state index in [-0.39, 0.29) is 17.9 Å². The topological polar surface area (TPSA) is 75.6 Å². The van der Waals surface area contributed by atoms with Crippen molar-refractivity contribution < 1.29 is 4.79 Å². The van der Waals surface area contributed by atoms with Crippen LogP contribution in [0.15, 0.2) is 48.8 Å². The summed E-state index contributed by atoms with van der Waals surface area (Å²) in [6.45, 7) is 6.01. The van der Waals surface area contributed by atoms with Gasteiger partial charge in [0.05, 0.1) is 22.8 Å². The van der Waals surface area contributed by atoms with Crippen molar-refractivity contribution in [1.82, 2.24) is 24.8 Å². The van der Waals surface area contributed by atoms with Crippen LogP contribution in [-0.4, -0.2) is 25.4 Å². The molecule has 3 heterocycles. The van der Waals surface area contributed by atoms with Crippen LogP contribution in [0, 0.1) is 12.8 Å². The first-order valence-corrected chi connectivity index (χ1v) is 9.71. The largest absolute Gasteiger partial charge is 0.341 e. The molecule has 0 saturated heterocycles. The van der Waals surface area contributed by atoms with E-state index in [2.05, 4.69) is 34.1 Å². The van der Waals surface area contributed by atoms with Gasteiger partial charge >= 0.3 is 0 Å². The zero-order chi connectivity index (χ0) is 19.0. The summed E-state index contributed by atoms with van der Waals surface area (Å²) in [5.41, 5.74) is 2.60. The molecule has 1 atom stereocenters. The van der Waals surface area contributed by atoms with Crippen LogP contribution < -0.4 is 5.32 Å². The lowest BCUT2D eigenvalue weighted by Gasteiger charge is -2.20. The molecule has 0 saturated carbocycles. The maximum Gasteiger partial charge on any atom is 0.263 e. The van der Waals surface area contributed by atoms with E-state index in [0.717, 1.165) is 27.7 Å². The van der Waals surface area contributed by atoms with E-state index in [4.69, 9.17) is 0 Å². The van der Waals surface area contributed by atoms with Crippen molar-refractivity contribution in [3.63, 3.8) is 0 Å². The summed E-state index contributed by atoms with van der Waals surface area (Å²) in [6, 6.07) is 11.5. The summed E-state index contributed by atoms with van der Waals surface area (Å²) in [6.07, 6.45) is 3.84. The molecule has 0 bridgehead atoms. The van der Waals surface area contributed by atoms with Gasteiger partial charge in [-0.1, -0.05) is 37.3 Å². The third kappa shape index (κ3) is 3.38. The number of carbonyl (C=O) groups excluding carboxylic acids is 1. The lowest BCUT2D eigenvalue weighted by molar-refractivity contribution is 0.0926. The maximum atomic E-state index is 13.0. The first kappa shape index (κ1) is 17.5. The quantitative estimate of drug-likeness (QED) is 0.544. The van der Waals surface area contributed by atoms with Crippen LogP contribution in [0.25, 0.3) is 16.2 Å². The molecule has 0 aliphatic carbocycles. The Balaban J connectivity index is 1.61. The minimum absolute atomic E-state index is 0.123. The standard InChI is InChI=1S/C20H21N5OS/c1-12(2)16(18-22-14-8-4-5-9-15(14)23-18)24-19(26)17-13(3)21-20(27-17)25-10-6-7-11-25/h4-12,16H,1-3H3,(H,22,23)(H,24,26). The lowest BCUT2D eigenvalue weighted by atomic mass is 10.0. The highest BCUT2D eigenvalue weighted by Gasteiger charge is 2.25. The Bertz CT molecular complexity index is 1040. The summed E-state index contributed by atoms with van der Waals surface area (Å²) >= 11 is 1.39. The van der Waals surface area contributed by atoms with E-state index >= 15 is 0 Å². The van der Waals surface area contributed by atoms with Crippen molar-refractivity contribution in [3.8, 4) is 5.13 Å². The molecule has 0 spiro atoms. The molecule has 1 aromatic carbocycles. The molecule has 0 aliphatic rings. The van der Waals surface area contributed by atoms with E-state index < -0.39 is 0 Å². The summed E-state index contributed by atoms with van der Waals surface area (Å²) in [5.74, 6) is 0.835. The number of aromatic nitrogens is 4. The Morgan fingerprint density at radius 1 is 1.15 bits per heavy atom. The molecule has 4 rings (SSSR count). The average molecular weight is 379 g/mol. The van der Waals surface area contributed by atoms with Gasteiger partial charge in [-0.3, -0.25) is 4.79 Å². The number of H-pyrrole nitrogens is 1. The molecule has 1 amide bonds. The SMILES string of the molecule is Cc1nc(-n2cccc2)sc1C(=O)NC(c1nc2ccccc2[nH]1)C(C)C. The minimum atomic E-state index is -0.207. The smallest absolute Gasteiger partial charge is 0.263 e. The van der Waals surface area contributed by atoms with Crippen molar-refractivity contribution in [1.29, 1.82) is 0 Å². The van der Waals surface area contributed by atoms with Crippen molar-refractivity contribution >= 4 is 28.3 Å². The van der Waals surface area contributed by atoms with Gasteiger partial charge in [-0.25, -0.2) is 9.97 Å². The van der Waals surface area contributed by atoms with Gasteiger partial charge in [0.2, 0.25) is 0 Å². The molecule has 0 fully saturated rings. The van der Waals surface area contributed by atoms with Gasteiger partial charge < -0.3 is 14.9 Å². The molecular weight excluding hydrogens is 358 g/mol. The first-order valence-electron chi connectivity index (χ1n) is 8.89. The Kier molecular flexibility index (Phi) is 4.53. The molecule has 7 heteroatoms. The second-order valence-corrected chi connectivity index (χ2v) is 7.81. The number of aryl methyl sites for hydroxylation is 1. The lowest BCUT2D eigenvalue weighted by Crippen LogP contribution is -2.32. The van der Waals surface area contributed by atoms with Gasteiger partial charge in [0.25, 0.3) is 5.91 Å². The molecule has 3 aromatic heterocycles. The van der Waals surface area contributed by atoms with E-state index in [1.165, 1.54) is 11.3 Å². The van der Waals surface area contributed by atoms with Crippen molar-refractivity contribution in [2.24, 2.45) is 5.92 Å². The zero-order valence-corrected chi connectivity index (χ0v) is 16.2. The molecule has 0 radical (unpaired) electrons. The van der Waals surface area contributed by atoms with Crippen LogP contribution in [0.3, 0.4) is 0 Å². The van der Waals surface area contributed by atoms with Crippen LogP contribution in [-0.2, 0) is 0 Å². The van der Waals surface area contributed by atoms with Crippen LogP contribution >= 0.6 is 11.3 Å². The Morgan fingerprint density at radius 3 is 2.59 bits per heavy atom. The number of nitrogens with one attached hydrogen (secondary N) is 2. The fourth-order valence-electron chi connectivity index (χ4n) is 3.04. The number of rotatable bonds is 5. The zero-order valence-electron chi connectivity index (χ0n) is 15.4. The number of benzene rings is 1. The monoisotopic (exact) mass is 379 g/mol. The number of imidazole rings is 1. The predicted octanol–water partition coefficient (Wildman–Crippen LogP) is 4.25. The van der Waals surface area contributed by atoms with Gasteiger partial charge in [-0.15, -0.1) is 0 Å². The third-order valence-corrected chi connectivity index (χ3v) is 5.64. The number of hydrogen-bond acceptors (Lipinski definition) is 4. The van der Waals surface area contributed by atoms with Crippen molar-refractivity contribution in [3.05, 3.63) is 65.2 Å². The number of hydrogen-bond donors (Lipinski definition) is 2. The molecule has 138 valence electrons. The van der Waals surface area contributed by atoms with E-state index in [0.29, 0.717) is 4.88 Å². The average Bonchev–Trinajstić information content (AvgIpc) is 3.37. The summed E-state index contributed by atoms with van der Waals surface area (Å²) < 4.78 is 1.91. The van der Waals surface area contributed by atoms with Gasteiger partial charge in [-0.2, -0.15) is 0 Å². The Hall–Kier alpha value is -2.93. The Morgan fingerprint density at radius 2 is 1.89 bits per heavy atom. The van der Waals surface area contributed by atoms with Gasteiger partial charge in [0, 0.05) is 12.4 Å². The number of carbonyl (C=O) groups is 1. The molecule has 2 N–H and O–H groups in total. The van der Waals surface area contributed by atoms with Gasteiger partial charge in [0.1, 0.15) is 10.7 Å². The van der Waals surface area contributed by atoms with Gasteiger partial charge in [-0.05, 0) is 37.1 Å². The first-order chi connectivity index (χ1) is 13.0. The highest BCUT2D eigenvalue weighted by atomic mass is 32.1. The number of para-hydroxylation sites is 2. The van der Waals surface area contributed by atoms with Crippen LogP contribution in [0.5, 0.6) is 0 Å². The summed E-state index contributed by atoms with van der Waals surface area (Å²) in [4.78, 5) is 26.1. The van der Waals surface area contributed by atoms with Crippen LogP contribution in [0.4, 0.5) is 0 Å². The number of nitrogens with zero attached hydrogens (tertiary/aromatic N) is 3. The fraction of sp³-hybridized carbons (Fsp3) is 0.250. The maximum absolute atomic E-state index is 13.0. The number of thiazole rings is 1. The molecule has 6 nitrogen and oxygen atoms in total. The molecule has 27 heavy (non-hydrogen) atoms. The number of fused-ring (bicyclic) bond motifs is 1. The van der Waals surface area contributed by atoms with E-state index in [1.807, 2.05) is 60.3 Å². The predicted molar refractivity (Wildman–Crippen MR) is 107 cm³/mol. The highest BCUT2D eigenvalue weighted by Crippen LogP contribution is 2.26. The van der Waals surface area contributed by atoms with Crippen molar-refractivity contribution in [2.45, 2.75) is 26.8 Å². The van der Waals surface area contributed by atoms with Gasteiger partial charge in [0.15, 0.2) is 5.13 Å². The second-order valence-electron chi connectivity index (χ2n) is 6.84. The Labute approximate surface area is 161 Å². The minimum Gasteiger partial charge on any atom is -0.341 e. The number of amides is 1. The molecule has 0 aliphatic heterocycles. The highest BCUT2D eigenvalue weighted by molar-refractivity contribution is 7.16. The van der Waals surface area contributed by atoms with E-state index in [9.17, 15) is 4.79 Å². The summed E-state index contributed by atoms with van der Waals surface area (Å²) in [5, 5.41) is 3.92. The summed E-state index contributed by atoms with van der Waals surface area (Å²) in [7, 11) is 0. The van der Waals surface area contributed by atoms with Crippen LogP contribution in [0.2, 0.25) is 0 Å². The fourth-order valence-corrected chi connectivity index (χ4v) is 3.98. The van der Waals surface area contributed by atoms with E-state index in [1.54, 1.807) is 0 Å². The van der Waals surface area contributed by atoms with Crippen molar-refractivity contribution in [2.75, 3.05) is 0 Å². The molecule has 1 unspecified atom stereocenters.